The minimum atomic E-state index is 0.160. The van der Waals surface area contributed by atoms with Gasteiger partial charge < -0.3 is 4.40 Å². The van der Waals surface area contributed by atoms with Gasteiger partial charge in [0.25, 0.3) is 0 Å². The van der Waals surface area contributed by atoms with Gasteiger partial charge in [-0.05, 0) is 42.9 Å². The lowest BCUT2D eigenvalue weighted by atomic mass is 10.0. The van der Waals surface area contributed by atoms with Crippen molar-refractivity contribution in [3.8, 4) is 0 Å². The summed E-state index contributed by atoms with van der Waals surface area (Å²) in [7, 11) is 0. The standard InChI is InChI=1S/C21H24Cl2N2OS/c1-3-7-16(8-5-6-11-22)21-19(13-18(26)15-27-12-4-2)25-14-17(23)9-10-20(25)24-21/h4-7,9-10,12,14H,3,8,11,13,15H2,1-2H3/b6-5-,12-4-,16-7+. The summed E-state index contributed by atoms with van der Waals surface area (Å²) in [6.07, 6.45) is 11.8. The van der Waals surface area contributed by atoms with Crippen LogP contribution in [0.3, 0.4) is 0 Å². The Morgan fingerprint density at radius 1 is 1.33 bits per heavy atom. The summed E-state index contributed by atoms with van der Waals surface area (Å²) in [5.41, 5.74) is 3.64. The third-order valence-electron chi connectivity index (χ3n) is 3.87. The van der Waals surface area contributed by atoms with Crippen molar-refractivity contribution in [2.24, 2.45) is 0 Å². The largest absolute Gasteiger partial charge is 0.301 e. The Hall–Kier alpha value is -1.49. The van der Waals surface area contributed by atoms with Crippen LogP contribution >= 0.6 is 35.0 Å². The maximum Gasteiger partial charge on any atom is 0.149 e. The van der Waals surface area contributed by atoms with Gasteiger partial charge in [0.1, 0.15) is 11.4 Å². The average molecular weight is 423 g/mol. The molecular formula is C21H24Cl2N2OS. The highest BCUT2D eigenvalue weighted by Crippen LogP contribution is 2.26. The van der Waals surface area contributed by atoms with Crippen LogP contribution in [0.2, 0.25) is 5.02 Å². The van der Waals surface area contributed by atoms with E-state index in [9.17, 15) is 4.79 Å². The molecule has 2 aromatic rings. The van der Waals surface area contributed by atoms with E-state index in [1.165, 1.54) is 11.8 Å². The number of hydrogen-bond acceptors (Lipinski definition) is 3. The zero-order valence-corrected chi connectivity index (χ0v) is 17.9. The van der Waals surface area contributed by atoms with Gasteiger partial charge in [-0.3, -0.25) is 4.79 Å². The summed E-state index contributed by atoms with van der Waals surface area (Å²) in [4.78, 5) is 17.3. The number of imidazole rings is 1. The van der Waals surface area contributed by atoms with E-state index in [1.54, 1.807) is 0 Å². The van der Waals surface area contributed by atoms with E-state index in [0.717, 1.165) is 35.4 Å². The van der Waals surface area contributed by atoms with Gasteiger partial charge in [0.2, 0.25) is 0 Å². The first-order chi connectivity index (χ1) is 13.1. The number of fused-ring (bicyclic) bond motifs is 1. The van der Waals surface area contributed by atoms with Crippen LogP contribution in [0.1, 0.15) is 38.1 Å². The molecule has 0 fully saturated rings. The highest BCUT2D eigenvalue weighted by Gasteiger charge is 2.18. The summed E-state index contributed by atoms with van der Waals surface area (Å²) in [6, 6.07) is 3.70. The second-order valence-corrected chi connectivity index (χ2v) is 7.59. The predicted octanol–water partition coefficient (Wildman–Crippen LogP) is 6.34. The number of halogens is 2. The van der Waals surface area contributed by atoms with Crippen LogP contribution in [0.15, 0.2) is 48.0 Å². The lowest BCUT2D eigenvalue weighted by Crippen LogP contribution is -2.09. The minimum absolute atomic E-state index is 0.160. The lowest BCUT2D eigenvalue weighted by Gasteiger charge is -2.07. The summed E-state index contributed by atoms with van der Waals surface area (Å²) >= 11 is 13.5. The SMILES string of the molecule is C/C=C\SCC(=O)Cc1c(/C(=C/CC)C/C=C\CCl)nc2ccc(Cl)cn12. The summed E-state index contributed by atoms with van der Waals surface area (Å²) < 4.78 is 1.94. The van der Waals surface area contributed by atoms with E-state index in [2.05, 4.69) is 13.0 Å². The van der Waals surface area contributed by atoms with Crippen molar-refractivity contribution in [2.45, 2.75) is 33.1 Å². The number of ketones is 1. The van der Waals surface area contributed by atoms with Crippen LogP contribution in [-0.2, 0) is 11.2 Å². The molecule has 2 heterocycles. The smallest absolute Gasteiger partial charge is 0.149 e. The Kier molecular flexibility index (Phi) is 9.19. The lowest BCUT2D eigenvalue weighted by molar-refractivity contribution is -0.116. The van der Waals surface area contributed by atoms with Crippen LogP contribution in [0, 0.1) is 0 Å². The first-order valence-electron chi connectivity index (χ1n) is 8.92. The van der Waals surface area contributed by atoms with Crippen LogP contribution in [-0.4, -0.2) is 26.8 Å². The Bertz CT molecular complexity index is 868. The topological polar surface area (TPSA) is 34.4 Å². The van der Waals surface area contributed by atoms with Crippen molar-refractivity contribution in [1.82, 2.24) is 9.38 Å². The van der Waals surface area contributed by atoms with Crippen molar-refractivity contribution >= 4 is 52.0 Å². The molecule has 0 spiro atoms. The fourth-order valence-electron chi connectivity index (χ4n) is 2.76. The van der Waals surface area contributed by atoms with Gasteiger partial charge in [-0.15, -0.1) is 23.4 Å². The number of pyridine rings is 1. The van der Waals surface area contributed by atoms with E-state index in [1.807, 2.05) is 53.3 Å². The van der Waals surface area contributed by atoms with Crippen molar-refractivity contribution in [3.63, 3.8) is 0 Å². The fraction of sp³-hybridized carbons (Fsp3) is 0.333. The Morgan fingerprint density at radius 2 is 2.15 bits per heavy atom. The maximum absolute atomic E-state index is 12.5. The molecule has 6 heteroatoms. The number of aromatic nitrogens is 2. The van der Waals surface area contributed by atoms with Gasteiger partial charge in [0, 0.05) is 12.1 Å². The van der Waals surface area contributed by atoms with Crippen LogP contribution in [0.4, 0.5) is 0 Å². The van der Waals surface area contributed by atoms with Gasteiger partial charge in [0.05, 0.1) is 28.6 Å². The van der Waals surface area contributed by atoms with E-state index >= 15 is 0 Å². The van der Waals surface area contributed by atoms with E-state index in [0.29, 0.717) is 23.1 Å². The molecule has 0 unspecified atom stereocenters. The zero-order valence-electron chi connectivity index (χ0n) is 15.6. The molecule has 0 aliphatic rings. The van der Waals surface area contributed by atoms with Crippen LogP contribution in [0.5, 0.6) is 0 Å². The monoisotopic (exact) mass is 422 g/mol. The van der Waals surface area contributed by atoms with Crippen molar-refractivity contribution in [2.75, 3.05) is 11.6 Å². The normalized spacial score (nSPS) is 12.7. The molecule has 0 saturated heterocycles. The summed E-state index contributed by atoms with van der Waals surface area (Å²) in [5.74, 6) is 1.08. The minimum Gasteiger partial charge on any atom is -0.301 e. The second-order valence-electron chi connectivity index (χ2n) is 5.95. The van der Waals surface area contributed by atoms with Crippen molar-refractivity contribution < 1.29 is 4.79 Å². The van der Waals surface area contributed by atoms with Crippen molar-refractivity contribution in [1.29, 1.82) is 0 Å². The van der Waals surface area contributed by atoms with Gasteiger partial charge in [0.15, 0.2) is 0 Å². The van der Waals surface area contributed by atoms with Crippen molar-refractivity contribution in [3.05, 3.63) is 64.5 Å². The second kappa shape index (κ2) is 11.4. The molecule has 0 amide bonds. The first kappa shape index (κ1) is 21.8. The zero-order chi connectivity index (χ0) is 19.6. The number of rotatable bonds is 10. The Balaban J connectivity index is 2.45. The molecule has 0 aliphatic heterocycles. The van der Waals surface area contributed by atoms with E-state index in [4.69, 9.17) is 28.2 Å². The molecule has 0 aromatic carbocycles. The molecule has 0 aliphatic carbocycles. The van der Waals surface area contributed by atoms with E-state index in [-0.39, 0.29) is 5.78 Å². The molecule has 144 valence electrons. The third kappa shape index (κ3) is 6.27. The number of thioether (sulfide) groups is 1. The third-order valence-corrected chi connectivity index (χ3v) is 5.23. The molecule has 0 N–H and O–H groups in total. The highest BCUT2D eigenvalue weighted by atomic mass is 35.5. The van der Waals surface area contributed by atoms with Gasteiger partial charge in [-0.1, -0.05) is 42.8 Å². The molecule has 0 radical (unpaired) electrons. The molecule has 0 atom stereocenters. The average Bonchev–Trinajstić information content (AvgIpc) is 2.99. The number of allylic oxidation sites excluding steroid dienone is 5. The number of hydrogen-bond donors (Lipinski definition) is 0. The number of carbonyl (C=O) groups is 1. The number of Topliss-reactive ketones (excluding diaryl/α,β-unsaturated/α-hetero) is 1. The van der Waals surface area contributed by atoms with Crippen LogP contribution < -0.4 is 0 Å². The molecule has 2 rings (SSSR count). The molecule has 2 aromatic heterocycles. The fourth-order valence-corrected chi connectivity index (χ4v) is 3.63. The Labute approximate surface area is 175 Å². The van der Waals surface area contributed by atoms with Crippen LogP contribution in [0.25, 0.3) is 11.2 Å². The Morgan fingerprint density at radius 3 is 2.85 bits per heavy atom. The molecule has 27 heavy (non-hydrogen) atoms. The molecular weight excluding hydrogens is 399 g/mol. The molecule has 0 bridgehead atoms. The van der Waals surface area contributed by atoms with Gasteiger partial charge >= 0.3 is 0 Å². The number of alkyl halides is 1. The summed E-state index contributed by atoms with van der Waals surface area (Å²) in [5, 5.41) is 2.55. The van der Waals surface area contributed by atoms with Gasteiger partial charge in [-0.2, -0.15) is 0 Å². The molecule has 3 nitrogen and oxygen atoms in total. The predicted molar refractivity (Wildman–Crippen MR) is 119 cm³/mol. The quantitative estimate of drug-likeness (QED) is 0.330. The van der Waals surface area contributed by atoms with Gasteiger partial charge in [-0.25, -0.2) is 4.98 Å². The number of nitrogens with zero attached hydrogens (tertiary/aromatic N) is 2. The highest BCUT2D eigenvalue weighted by molar-refractivity contribution is 8.02. The van der Waals surface area contributed by atoms with E-state index < -0.39 is 0 Å². The first-order valence-corrected chi connectivity index (χ1v) is 10.9. The molecule has 0 saturated carbocycles. The maximum atomic E-state index is 12.5. The summed E-state index contributed by atoms with van der Waals surface area (Å²) in [6.45, 7) is 4.04. The number of carbonyl (C=O) groups excluding carboxylic acids is 1.